The molecular formula is C57H45N. The lowest BCUT2D eigenvalue weighted by Gasteiger charge is -2.34. The Kier molecular flexibility index (Phi) is 8.68. The lowest BCUT2D eigenvalue weighted by molar-refractivity contribution is 0.590. The van der Waals surface area contributed by atoms with Gasteiger partial charge in [0.15, 0.2) is 0 Å². The van der Waals surface area contributed by atoms with Crippen LogP contribution in [0.15, 0.2) is 218 Å². The predicted molar refractivity (Wildman–Crippen MR) is 246 cm³/mol. The maximum absolute atomic E-state index is 2.48. The first-order valence-corrected chi connectivity index (χ1v) is 20.3. The molecule has 0 N–H and O–H groups in total. The van der Waals surface area contributed by atoms with Crippen LogP contribution in [0.3, 0.4) is 0 Å². The van der Waals surface area contributed by atoms with Crippen molar-refractivity contribution in [2.45, 2.75) is 31.6 Å². The zero-order valence-electron chi connectivity index (χ0n) is 33.2. The molecule has 0 atom stereocenters. The van der Waals surface area contributed by atoms with Crippen LogP contribution in [0.4, 0.5) is 17.1 Å². The number of fused-ring (bicyclic) bond motifs is 4. The fraction of sp³-hybridized carbons (Fsp3) is 0.0877. The van der Waals surface area contributed by atoms with E-state index in [4.69, 9.17) is 0 Å². The molecule has 0 saturated carbocycles. The molecule has 0 unspecified atom stereocenters. The van der Waals surface area contributed by atoms with Gasteiger partial charge in [0, 0.05) is 16.9 Å². The molecule has 0 saturated heterocycles. The highest BCUT2D eigenvalue weighted by atomic mass is 15.1. The molecule has 0 aromatic heterocycles. The lowest BCUT2D eigenvalue weighted by Crippen LogP contribution is -2.28. The highest BCUT2D eigenvalue weighted by Gasteiger charge is 2.46. The van der Waals surface area contributed by atoms with Crippen molar-refractivity contribution >= 4 is 27.8 Å². The predicted octanol–water partition coefficient (Wildman–Crippen LogP) is 15.3. The Morgan fingerprint density at radius 2 is 0.931 bits per heavy atom. The summed E-state index contributed by atoms with van der Waals surface area (Å²) in [6.45, 7) is 6.85. The third-order valence-corrected chi connectivity index (χ3v) is 12.1. The summed E-state index contributed by atoms with van der Waals surface area (Å²) < 4.78 is 0. The summed E-state index contributed by atoms with van der Waals surface area (Å²) >= 11 is 0. The molecule has 278 valence electrons. The SMILES string of the molecule is CC(C)(C)c1ccc(N(c2ccc3c(c2)-c2ccccc2C3(c2ccccc2)c2ccccc2)c2ccc3ccccc3c2-c2ccc(-c3ccccc3)cc2)cc1. The summed E-state index contributed by atoms with van der Waals surface area (Å²) in [4.78, 5) is 2.48. The Bertz CT molecular complexity index is 2850. The average Bonchev–Trinajstić information content (AvgIpc) is 3.58. The van der Waals surface area contributed by atoms with Crippen molar-refractivity contribution in [3.63, 3.8) is 0 Å². The van der Waals surface area contributed by atoms with Gasteiger partial charge in [0.05, 0.1) is 11.1 Å². The summed E-state index contributed by atoms with van der Waals surface area (Å²) in [6, 6.07) is 80.7. The lowest BCUT2D eigenvalue weighted by atomic mass is 9.68. The minimum Gasteiger partial charge on any atom is -0.310 e. The van der Waals surface area contributed by atoms with Gasteiger partial charge in [-0.1, -0.05) is 209 Å². The number of hydrogen-bond acceptors (Lipinski definition) is 1. The van der Waals surface area contributed by atoms with Gasteiger partial charge in [0.25, 0.3) is 0 Å². The number of rotatable bonds is 7. The second-order valence-electron chi connectivity index (χ2n) is 16.5. The van der Waals surface area contributed by atoms with Gasteiger partial charge in [-0.3, -0.25) is 0 Å². The molecule has 0 spiro atoms. The van der Waals surface area contributed by atoms with Gasteiger partial charge in [-0.15, -0.1) is 0 Å². The van der Waals surface area contributed by atoms with Gasteiger partial charge in [-0.25, -0.2) is 0 Å². The number of anilines is 3. The van der Waals surface area contributed by atoms with Gasteiger partial charge < -0.3 is 4.90 Å². The molecule has 10 rings (SSSR count). The Labute approximate surface area is 342 Å². The van der Waals surface area contributed by atoms with E-state index in [0.29, 0.717) is 0 Å². The number of hydrogen-bond donors (Lipinski definition) is 0. The van der Waals surface area contributed by atoms with E-state index in [0.717, 1.165) is 17.1 Å². The maximum Gasteiger partial charge on any atom is 0.0713 e. The standard InChI is InChI=1S/C57H45N/c1-56(2,3)44-32-34-47(35-33-44)58(54-38-31-42-19-13-14-24-49(42)55(54)43-29-27-41(28-30-43)40-17-7-4-8-18-40)48-36-37-53-51(39-48)50-25-15-16-26-52(50)57(53,45-20-9-5-10-21-45)46-22-11-6-12-23-46/h4-39H,1-3H3. The zero-order chi connectivity index (χ0) is 39.3. The fourth-order valence-electron chi connectivity index (χ4n) is 9.32. The van der Waals surface area contributed by atoms with Crippen molar-refractivity contribution in [3.8, 4) is 33.4 Å². The van der Waals surface area contributed by atoms with Crippen LogP contribution in [0.1, 0.15) is 48.6 Å². The molecule has 1 nitrogen and oxygen atoms in total. The van der Waals surface area contributed by atoms with Crippen LogP contribution in [0, 0.1) is 0 Å². The minimum atomic E-state index is -0.458. The summed E-state index contributed by atoms with van der Waals surface area (Å²) in [5.74, 6) is 0. The van der Waals surface area contributed by atoms with Crippen LogP contribution in [0.2, 0.25) is 0 Å². The van der Waals surface area contributed by atoms with Crippen LogP contribution in [0.25, 0.3) is 44.2 Å². The van der Waals surface area contributed by atoms with Crippen LogP contribution >= 0.6 is 0 Å². The first-order chi connectivity index (χ1) is 28.4. The molecule has 9 aromatic carbocycles. The molecule has 0 aliphatic heterocycles. The van der Waals surface area contributed by atoms with E-state index >= 15 is 0 Å². The summed E-state index contributed by atoms with van der Waals surface area (Å²) in [5, 5.41) is 2.44. The Hall–Kier alpha value is -6.96. The molecule has 1 aliphatic carbocycles. The van der Waals surface area contributed by atoms with Crippen LogP contribution < -0.4 is 4.90 Å². The van der Waals surface area contributed by atoms with Crippen molar-refractivity contribution < 1.29 is 0 Å². The highest BCUT2D eigenvalue weighted by Crippen LogP contribution is 2.57. The largest absolute Gasteiger partial charge is 0.310 e. The molecule has 0 amide bonds. The van der Waals surface area contributed by atoms with Crippen LogP contribution in [-0.4, -0.2) is 0 Å². The third kappa shape index (κ3) is 5.85. The quantitative estimate of drug-likeness (QED) is 0.157. The van der Waals surface area contributed by atoms with Crippen molar-refractivity contribution in [1.82, 2.24) is 0 Å². The van der Waals surface area contributed by atoms with Crippen molar-refractivity contribution in [2.24, 2.45) is 0 Å². The number of benzene rings is 9. The molecular weight excluding hydrogens is 699 g/mol. The van der Waals surface area contributed by atoms with E-state index in [1.807, 2.05) is 0 Å². The monoisotopic (exact) mass is 743 g/mol. The van der Waals surface area contributed by atoms with Crippen LogP contribution in [-0.2, 0) is 10.8 Å². The molecule has 0 heterocycles. The van der Waals surface area contributed by atoms with Crippen molar-refractivity contribution in [2.75, 3.05) is 4.90 Å². The first-order valence-electron chi connectivity index (χ1n) is 20.3. The number of nitrogens with zero attached hydrogens (tertiary/aromatic N) is 1. The van der Waals surface area contributed by atoms with E-state index in [1.54, 1.807) is 0 Å². The zero-order valence-corrected chi connectivity index (χ0v) is 33.2. The molecule has 0 bridgehead atoms. The van der Waals surface area contributed by atoms with E-state index in [-0.39, 0.29) is 5.41 Å². The summed E-state index contributed by atoms with van der Waals surface area (Å²) in [7, 11) is 0. The van der Waals surface area contributed by atoms with Gasteiger partial charge in [0.2, 0.25) is 0 Å². The normalized spacial score (nSPS) is 12.9. The average molecular weight is 744 g/mol. The second-order valence-corrected chi connectivity index (χ2v) is 16.5. The van der Waals surface area contributed by atoms with Gasteiger partial charge in [0.1, 0.15) is 0 Å². The maximum atomic E-state index is 2.48. The molecule has 58 heavy (non-hydrogen) atoms. The van der Waals surface area contributed by atoms with E-state index in [2.05, 4.69) is 244 Å². The highest BCUT2D eigenvalue weighted by molar-refractivity contribution is 6.06. The van der Waals surface area contributed by atoms with Crippen molar-refractivity contribution in [3.05, 3.63) is 246 Å². The first kappa shape index (κ1) is 35.5. The third-order valence-electron chi connectivity index (χ3n) is 12.1. The smallest absolute Gasteiger partial charge is 0.0713 e. The molecule has 0 fully saturated rings. The summed E-state index contributed by atoms with van der Waals surface area (Å²) in [6.07, 6.45) is 0. The Morgan fingerprint density at radius 1 is 0.397 bits per heavy atom. The Balaban J connectivity index is 1.23. The minimum absolute atomic E-state index is 0.0352. The van der Waals surface area contributed by atoms with E-state index in [1.165, 1.54) is 72.0 Å². The van der Waals surface area contributed by atoms with E-state index < -0.39 is 5.41 Å². The summed E-state index contributed by atoms with van der Waals surface area (Å²) in [5.41, 5.74) is 16.7. The van der Waals surface area contributed by atoms with Crippen LogP contribution in [0.5, 0.6) is 0 Å². The topological polar surface area (TPSA) is 3.24 Å². The Morgan fingerprint density at radius 3 is 1.60 bits per heavy atom. The molecule has 1 heteroatoms. The molecule has 0 radical (unpaired) electrons. The van der Waals surface area contributed by atoms with E-state index in [9.17, 15) is 0 Å². The second kappa shape index (κ2) is 14.2. The molecule has 9 aromatic rings. The van der Waals surface area contributed by atoms with Gasteiger partial charge in [-0.05, 0) is 102 Å². The fourth-order valence-corrected chi connectivity index (χ4v) is 9.32. The molecule has 1 aliphatic rings. The van der Waals surface area contributed by atoms with Crippen molar-refractivity contribution in [1.29, 1.82) is 0 Å². The van der Waals surface area contributed by atoms with Gasteiger partial charge in [-0.2, -0.15) is 0 Å². The van der Waals surface area contributed by atoms with Gasteiger partial charge >= 0.3 is 0 Å².